The van der Waals surface area contributed by atoms with Gasteiger partial charge in [-0.2, -0.15) is 0 Å². The van der Waals surface area contributed by atoms with Gasteiger partial charge >= 0.3 is 66.8 Å². The fraction of sp³-hybridized carbons (Fsp3) is 0. The van der Waals surface area contributed by atoms with Crippen molar-refractivity contribution in [1.82, 2.24) is 0 Å². The van der Waals surface area contributed by atoms with Gasteiger partial charge in [0.15, 0.2) is 0 Å². The van der Waals surface area contributed by atoms with Gasteiger partial charge in [0.05, 0.1) is 5.57 Å². The van der Waals surface area contributed by atoms with E-state index in [-0.39, 0.29) is 66.4 Å². The second kappa shape index (κ2) is 6.26. The smallest absolute Gasteiger partial charge is 0.316 e. The standard InChI is InChI=1S/C7H6O2.Ca.Mg.4H/c1-5-3-2-4-6(5)7(8)9;;;;;;/h2-4H,1H2,(H,8,9);;;;;;. The molecule has 0 heterocycles. The molecule has 1 N–H and O–H groups in total. The summed E-state index contributed by atoms with van der Waals surface area (Å²) in [6, 6.07) is 0. The molecule has 0 saturated carbocycles. The summed E-state index contributed by atoms with van der Waals surface area (Å²) in [4.78, 5) is 10.2. The number of carbonyl (C=O) groups is 1. The molecule has 1 aliphatic rings. The van der Waals surface area contributed by atoms with Crippen LogP contribution in [0.25, 0.3) is 0 Å². The van der Waals surface area contributed by atoms with E-state index in [2.05, 4.69) is 6.58 Å². The normalized spacial score (nSPS) is 13.1. The van der Waals surface area contributed by atoms with Gasteiger partial charge < -0.3 is 5.11 Å². The first-order chi connectivity index (χ1) is 4.22. The quantitative estimate of drug-likeness (QED) is 0.555. The Morgan fingerprint density at radius 3 is 2.27 bits per heavy atom. The van der Waals surface area contributed by atoms with E-state index in [1.54, 1.807) is 12.2 Å². The van der Waals surface area contributed by atoms with Gasteiger partial charge in [-0.05, 0) is 11.6 Å². The topological polar surface area (TPSA) is 37.3 Å². The maximum absolute atomic E-state index is 10.2. The maximum Gasteiger partial charge on any atom is 0.316 e. The molecule has 0 aromatic carbocycles. The second-order valence-corrected chi connectivity index (χ2v) is 1.77. The molecular weight excluding hydrogens is 180 g/mol. The third-order valence-electron chi connectivity index (χ3n) is 1.14. The Morgan fingerprint density at radius 1 is 1.55 bits per heavy atom. The van der Waals surface area contributed by atoms with Crippen molar-refractivity contribution in [3.05, 3.63) is 36.0 Å². The molecule has 0 aromatic rings. The molecule has 54 valence electrons. The van der Waals surface area contributed by atoms with Gasteiger partial charge in [0, 0.05) is 0 Å². The van der Waals surface area contributed by atoms with Crippen LogP contribution < -0.4 is 0 Å². The van der Waals surface area contributed by atoms with E-state index >= 15 is 0 Å². The molecule has 0 unspecified atom stereocenters. The summed E-state index contributed by atoms with van der Waals surface area (Å²) < 4.78 is 0. The summed E-state index contributed by atoms with van der Waals surface area (Å²) >= 11 is 0. The number of hydrogen-bond acceptors (Lipinski definition) is 1. The van der Waals surface area contributed by atoms with Crippen LogP contribution in [0.4, 0.5) is 0 Å². The molecule has 4 heteroatoms. The number of hydrogen-bond donors (Lipinski definition) is 1. The first kappa shape index (κ1) is 14.3. The number of carboxylic acid groups (broad SMARTS) is 1. The van der Waals surface area contributed by atoms with Crippen LogP contribution in [0.3, 0.4) is 0 Å². The molecule has 1 aliphatic carbocycles. The maximum atomic E-state index is 10.2. The first-order valence-corrected chi connectivity index (χ1v) is 2.53. The van der Waals surface area contributed by atoms with E-state index in [1.165, 1.54) is 6.08 Å². The Hall–Kier alpha value is 0.716. The predicted molar refractivity (Wildman–Crippen MR) is 51.1 cm³/mol. The minimum absolute atomic E-state index is 0. The molecule has 1 rings (SSSR count). The Morgan fingerprint density at radius 2 is 2.09 bits per heavy atom. The molecule has 0 aliphatic heterocycles. The van der Waals surface area contributed by atoms with Crippen LogP contribution in [0.15, 0.2) is 36.0 Å². The van der Waals surface area contributed by atoms with Crippen molar-refractivity contribution in [1.29, 1.82) is 0 Å². The summed E-state index contributed by atoms with van der Waals surface area (Å²) in [7, 11) is 0. The van der Waals surface area contributed by atoms with E-state index in [9.17, 15) is 4.79 Å². The van der Waals surface area contributed by atoms with Crippen LogP contribution >= 0.6 is 0 Å². The Kier molecular flexibility index (Phi) is 8.11. The van der Waals surface area contributed by atoms with Crippen LogP contribution in [0, 0.1) is 0 Å². The van der Waals surface area contributed by atoms with Crippen LogP contribution in [0.1, 0.15) is 0 Å². The first-order valence-electron chi connectivity index (χ1n) is 2.53. The molecule has 2 nitrogen and oxygen atoms in total. The van der Waals surface area contributed by atoms with Crippen molar-refractivity contribution in [2.24, 2.45) is 0 Å². The SMILES string of the molecule is C=C1C=CC=C1C(=O)O.[CaH2].[MgH2]. The summed E-state index contributed by atoms with van der Waals surface area (Å²) in [5, 5.41) is 8.41. The number of aliphatic carboxylic acids is 1. The average Bonchev–Trinajstić information content (AvgIpc) is 2.13. The molecule has 0 amide bonds. The Balaban J connectivity index is 0. The molecule has 0 fully saturated rings. The number of rotatable bonds is 1. The molecule has 0 spiro atoms. The molecule has 0 atom stereocenters. The van der Waals surface area contributed by atoms with Crippen molar-refractivity contribution >= 4 is 66.8 Å². The van der Waals surface area contributed by atoms with Gasteiger partial charge in [0.25, 0.3) is 0 Å². The minimum atomic E-state index is -0.912. The van der Waals surface area contributed by atoms with E-state index in [4.69, 9.17) is 5.11 Å². The van der Waals surface area contributed by atoms with Crippen LogP contribution in [0.2, 0.25) is 0 Å². The molecular formula is C7H10CaMgO2. The molecule has 0 bridgehead atoms. The number of carboxylic acids is 1. The van der Waals surface area contributed by atoms with E-state index < -0.39 is 5.97 Å². The third-order valence-corrected chi connectivity index (χ3v) is 1.14. The van der Waals surface area contributed by atoms with Crippen molar-refractivity contribution in [2.45, 2.75) is 0 Å². The monoisotopic (exact) mass is 190 g/mol. The Bertz CT molecular complexity index is 231. The van der Waals surface area contributed by atoms with Gasteiger partial charge in [-0.25, -0.2) is 4.79 Å². The molecule has 0 aromatic heterocycles. The van der Waals surface area contributed by atoms with Crippen LogP contribution in [0.5, 0.6) is 0 Å². The zero-order valence-corrected chi connectivity index (χ0v) is 4.79. The summed E-state index contributed by atoms with van der Waals surface area (Å²) in [6.45, 7) is 3.52. The van der Waals surface area contributed by atoms with Crippen molar-refractivity contribution < 1.29 is 9.90 Å². The fourth-order valence-corrected chi connectivity index (χ4v) is 0.666. The van der Waals surface area contributed by atoms with Gasteiger partial charge in [-0.15, -0.1) is 0 Å². The summed E-state index contributed by atoms with van der Waals surface area (Å²) in [5.41, 5.74) is 0.859. The Labute approximate surface area is 111 Å². The zero-order chi connectivity index (χ0) is 6.85. The molecule has 0 radical (unpaired) electrons. The van der Waals surface area contributed by atoms with Gasteiger partial charge in [-0.1, -0.05) is 18.7 Å². The van der Waals surface area contributed by atoms with Crippen LogP contribution in [-0.2, 0) is 4.79 Å². The van der Waals surface area contributed by atoms with Gasteiger partial charge in [0.1, 0.15) is 0 Å². The van der Waals surface area contributed by atoms with Crippen molar-refractivity contribution in [3.63, 3.8) is 0 Å². The van der Waals surface area contributed by atoms with Gasteiger partial charge in [0.2, 0.25) is 0 Å². The fourth-order valence-electron chi connectivity index (χ4n) is 0.666. The molecule has 11 heavy (non-hydrogen) atoms. The number of allylic oxidation sites excluding steroid dienone is 3. The zero-order valence-electron chi connectivity index (χ0n) is 4.79. The van der Waals surface area contributed by atoms with E-state index in [0.29, 0.717) is 5.57 Å². The van der Waals surface area contributed by atoms with Gasteiger partial charge in [-0.3, -0.25) is 0 Å². The van der Waals surface area contributed by atoms with E-state index in [1.807, 2.05) is 0 Å². The van der Waals surface area contributed by atoms with Crippen molar-refractivity contribution in [2.75, 3.05) is 0 Å². The van der Waals surface area contributed by atoms with Crippen LogP contribution in [-0.4, -0.2) is 71.9 Å². The summed E-state index contributed by atoms with van der Waals surface area (Å²) in [6.07, 6.45) is 4.87. The van der Waals surface area contributed by atoms with Crippen molar-refractivity contribution in [3.8, 4) is 0 Å². The molecule has 0 saturated heterocycles. The average molecular weight is 191 g/mol. The minimum Gasteiger partial charge on any atom is 0.316 e. The predicted octanol–water partition coefficient (Wildman–Crippen LogP) is -0.709. The summed E-state index contributed by atoms with van der Waals surface area (Å²) in [5.74, 6) is -0.912. The second-order valence-electron chi connectivity index (χ2n) is 1.77. The largest absolute Gasteiger partial charge is 0.316 e. The van der Waals surface area contributed by atoms with E-state index in [0.717, 1.165) is 0 Å². The third kappa shape index (κ3) is 3.76.